The Hall–Kier alpha value is -2.45. The van der Waals surface area contributed by atoms with E-state index in [1.165, 1.54) is 12.1 Å². The highest BCUT2D eigenvalue weighted by Gasteiger charge is 2.35. The van der Waals surface area contributed by atoms with Crippen molar-refractivity contribution in [3.63, 3.8) is 0 Å². The maximum Gasteiger partial charge on any atom is 0.250 e. The summed E-state index contributed by atoms with van der Waals surface area (Å²) in [6.45, 7) is 1.56. The maximum absolute atomic E-state index is 13.2. The van der Waals surface area contributed by atoms with Gasteiger partial charge in [0.1, 0.15) is 18.2 Å². The van der Waals surface area contributed by atoms with Crippen LogP contribution in [0.5, 0.6) is 5.75 Å². The zero-order valence-electron chi connectivity index (χ0n) is 14.9. The maximum atomic E-state index is 13.2. The van der Waals surface area contributed by atoms with Crippen molar-refractivity contribution in [2.24, 2.45) is 0 Å². The van der Waals surface area contributed by atoms with Crippen molar-refractivity contribution >= 4 is 15.9 Å². The van der Waals surface area contributed by atoms with Gasteiger partial charge in [0.2, 0.25) is 10.0 Å². The van der Waals surface area contributed by atoms with Crippen molar-refractivity contribution in [2.75, 3.05) is 12.8 Å². The van der Waals surface area contributed by atoms with Crippen LogP contribution in [0, 0.1) is 5.82 Å². The highest BCUT2D eigenvalue weighted by molar-refractivity contribution is 7.89. The van der Waals surface area contributed by atoms with Crippen LogP contribution in [0.25, 0.3) is 0 Å². The number of nitrogens with zero attached hydrogens (tertiary/aromatic N) is 1. The van der Waals surface area contributed by atoms with E-state index >= 15 is 0 Å². The first-order valence-corrected chi connectivity index (χ1v) is 10.4. The number of hydrogen-bond acceptors (Lipinski definition) is 5. The fourth-order valence-electron chi connectivity index (χ4n) is 2.90. The summed E-state index contributed by atoms with van der Waals surface area (Å²) in [5, 5.41) is 0. The fraction of sp³-hybridized carbons (Fsp3) is 0.316. The lowest BCUT2D eigenvalue weighted by Gasteiger charge is -2.39. The first kappa shape index (κ1) is 19.3. The second-order valence-corrected chi connectivity index (χ2v) is 8.32. The molecule has 0 radical (unpaired) electrons. The van der Waals surface area contributed by atoms with Crippen molar-refractivity contribution in [1.29, 1.82) is 0 Å². The van der Waals surface area contributed by atoms with Gasteiger partial charge in [0, 0.05) is 13.1 Å². The van der Waals surface area contributed by atoms with E-state index in [0.29, 0.717) is 18.7 Å². The number of nitrogens with one attached hydrogen (secondary N) is 1. The quantitative estimate of drug-likeness (QED) is 0.781. The molecule has 8 heteroatoms. The van der Waals surface area contributed by atoms with Crippen LogP contribution in [0.3, 0.4) is 0 Å². The van der Waals surface area contributed by atoms with Gasteiger partial charge in [0.25, 0.3) is 5.91 Å². The summed E-state index contributed by atoms with van der Waals surface area (Å²) < 4.78 is 43.2. The Bertz CT molecular complexity index is 916. The zero-order valence-corrected chi connectivity index (χ0v) is 15.7. The number of likely N-dealkylation sites (tertiary alicyclic amines) is 1. The second-order valence-electron chi connectivity index (χ2n) is 6.58. The Morgan fingerprint density at radius 2 is 1.96 bits per heavy atom. The van der Waals surface area contributed by atoms with Crippen molar-refractivity contribution in [1.82, 2.24) is 9.62 Å². The molecule has 1 atom stereocenters. The molecule has 0 aliphatic carbocycles. The number of carbonyl (C=O) groups is 1. The number of halogens is 1. The van der Waals surface area contributed by atoms with Gasteiger partial charge in [-0.15, -0.1) is 0 Å². The van der Waals surface area contributed by atoms with Crippen molar-refractivity contribution < 1.29 is 22.3 Å². The van der Waals surface area contributed by atoms with E-state index in [1.54, 1.807) is 12.1 Å². The Labute approximate surface area is 158 Å². The van der Waals surface area contributed by atoms with Gasteiger partial charge in [-0.05, 0) is 41.8 Å². The van der Waals surface area contributed by atoms with Gasteiger partial charge in [0.05, 0.1) is 12.3 Å². The van der Waals surface area contributed by atoms with E-state index in [2.05, 4.69) is 0 Å². The topological polar surface area (TPSA) is 75.7 Å². The average molecular weight is 392 g/mol. The van der Waals surface area contributed by atoms with E-state index in [0.717, 1.165) is 23.9 Å². The first-order valence-electron chi connectivity index (χ1n) is 8.52. The summed E-state index contributed by atoms with van der Waals surface area (Å²) in [5.41, 5.74) is 1.74. The lowest BCUT2D eigenvalue weighted by Crippen LogP contribution is -2.56. The lowest BCUT2D eigenvalue weighted by molar-refractivity contribution is -0.129. The molecule has 1 N–H and O–H groups in total. The van der Waals surface area contributed by atoms with Crippen molar-refractivity contribution in [3.05, 3.63) is 65.5 Å². The monoisotopic (exact) mass is 392 g/mol. The number of amides is 1. The summed E-state index contributed by atoms with van der Waals surface area (Å²) in [7, 11) is -3.54. The van der Waals surface area contributed by atoms with Crippen molar-refractivity contribution in [3.8, 4) is 5.75 Å². The normalized spacial score (nSPS) is 17.2. The molecule has 1 heterocycles. The number of rotatable bonds is 7. The predicted octanol–water partition coefficient (Wildman–Crippen LogP) is 2.05. The van der Waals surface area contributed by atoms with Crippen LogP contribution < -0.4 is 9.46 Å². The molecule has 144 valence electrons. The molecular formula is C19H21FN2O4S. The Kier molecular flexibility index (Phi) is 5.76. The third-order valence-corrected chi connectivity index (χ3v) is 4.89. The highest BCUT2D eigenvalue weighted by Crippen LogP contribution is 2.22. The summed E-state index contributed by atoms with van der Waals surface area (Å²) in [6.07, 6.45) is 1.60. The van der Waals surface area contributed by atoms with Crippen molar-refractivity contribution in [2.45, 2.75) is 25.6 Å². The Morgan fingerprint density at radius 1 is 1.22 bits per heavy atom. The number of ether oxygens (including phenoxy) is 1. The van der Waals surface area contributed by atoms with Crippen LogP contribution in [0.1, 0.15) is 17.5 Å². The van der Waals surface area contributed by atoms with Gasteiger partial charge in [-0.2, -0.15) is 0 Å². The Morgan fingerprint density at radius 3 is 2.56 bits per heavy atom. The van der Waals surface area contributed by atoms with Crippen LogP contribution >= 0.6 is 0 Å². The lowest BCUT2D eigenvalue weighted by atomic mass is 10.0. The van der Waals surface area contributed by atoms with Gasteiger partial charge in [-0.25, -0.2) is 12.8 Å². The van der Waals surface area contributed by atoms with E-state index in [1.807, 2.05) is 33.9 Å². The zero-order chi connectivity index (χ0) is 19.4. The molecule has 0 saturated carbocycles. The van der Waals surface area contributed by atoms with Crippen LogP contribution in [-0.2, 0) is 28.0 Å². The van der Waals surface area contributed by atoms with Crippen LogP contribution in [0.15, 0.2) is 48.5 Å². The molecule has 0 aromatic heterocycles. The van der Waals surface area contributed by atoms with Gasteiger partial charge in [-0.3, -0.25) is 14.4 Å². The molecule has 1 saturated heterocycles. The summed E-state index contributed by atoms with van der Waals surface area (Å²) in [6, 6.07) is 13.2. The number of sulfonamides is 1. The van der Waals surface area contributed by atoms with E-state index < -0.39 is 22.0 Å². The van der Waals surface area contributed by atoms with Gasteiger partial charge < -0.3 is 4.74 Å². The molecule has 1 aliphatic heterocycles. The Balaban J connectivity index is 1.52. The minimum atomic E-state index is -3.54. The molecule has 0 spiro atoms. The SMILES string of the molecule is CS(=O)(=O)NC(=O)[C@@H]1CCN1Cc1ccc(OCc2cccc(F)c2)cc1. The molecular weight excluding hydrogens is 371 g/mol. The molecule has 1 amide bonds. The van der Waals surface area contributed by atoms with E-state index in [4.69, 9.17) is 4.74 Å². The van der Waals surface area contributed by atoms with Gasteiger partial charge in [0.15, 0.2) is 0 Å². The third-order valence-electron chi connectivity index (χ3n) is 4.32. The summed E-state index contributed by atoms with van der Waals surface area (Å²) in [4.78, 5) is 13.9. The highest BCUT2D eigenvalue weighted by atomic mass is 32.2. The average Bonchev–Trinajstić information content (AvgIpc) is 2.56. The molecule has 3 rings (SSSR count). The smallest absolute Gasteiger partial charge is 0.250 e. The molecule has 6 nitrogen and oxygen atoms in total. The van der Waals surface area contributed by atoms with Crippen LogP contribution in [0.2, 0.25) is 0 Å². The molecule has 2 aromatic rings. The predicted molar refractivity (Wildman–Crippen MR) is 99.0 cm³/mol. The molecule has 0 unspecified atom stereocenters. The largest absolute Gasteiger partial charge is 0.489 e. The summed E-state index contributed by atoms with van der Waals surface area (Å²) in [5.74, 6) is -0.118. The minimum absolute atomic E-state index is 0.275. The van der Waals surface area contributed by atoms with Crippen LogP contribution in [-0.4, -0.2) is 38.1 Å². The molecule has 1 fully saturated rings. The minimum Gasteiger partial charge on any atom is -0.489 e. The third kappa shape index (κ3) is 5.51. The van der Waals surface area contributed by atoms with Gasteiger partial charge in [-0.1, -0.05) is 24.3 Å². The van der Waals surface area contributed by atoms with Gasteiger partial charge >= 0.3 is 0 Å². The molecule has 1 aliphatic rings. The van der Waals surface area contributed by atoms with Crippen LogP contribution in [0.4, 0.5) is 4.39 Å². The first-order chi connectivity index (χ1) is 12.8. The second kappa shape index (κ2) is 8.06. The fourth-order valence-corrected chi connectivity index (χ4v) is 3.40. The number of hydrogen-bond donors (Lipinski definition) is 1. The van der Waals surface area contributed by atoms with E-state index in [-0.39, 0.29) is 12.4 Å². The number of benzene rings is 2. The molecule has 27 heavy (non-hydrogen) atoms. The standard InChI is InChI=1S/C19H21FN2O4S/c1-27(24,25)21-19(23)18-9-10-22(18)12-14-5-7-17(8-6-14)26-13-15-3-2-4-16(20)11-15/h2-8,11,18H,9-10,12-13H2,1H3,(H,21,23)/t18-/m0/s1. The summed E-state index contributed by atoms with van der Waals surface area (Å²) >= 11 is 0. The molecule has 2 aromatic carbocycles. The molecule has 0 bridgehead atoms. The number of carbonyl (C=O) groups excluding carboxylic acids is 1. The van der Waals surface area contributed by atoms with E-state index in [9.17, 15) is 17.6 Å².